The number of hydrogen-bond acceptors (Lipinski definition) is 4. The molecule has 0 N–H and O–H groups in total. The lowest BCUT2D eigenvalue weighted by atomic mass is 9.87. The highest BCUT2D eigenvalue weighted by molar-refractivity contribution is 5.83. The second-order valence-electron chi connectivity index (χ2n) is 9.15. The zero-order valence-electron chi connectivity index (χ0n) is 19.8. The molecule has 3 aromatic rings. The van der Waals surface area contributed by atoms with Crippen LogP contribution in [0, 0.1) is 5.82 Å². The SMILES string of the molecule is COc1ccc(-c2c(F)c(C3CC4CCC(C3)N4C(=O)C(F)(F)F)nn2-c2ccc(OC)cc2)cc1. The number of rotatable bonds is 5. The van der Waals surface area contributed by atoms with E-state index in [1.165, 1.54) is 4.68 Å². The monoisotopic (exact) mass is 503 g/mol. The van der Waals surface area contributed by atoms with Gasteiger partial charge in [-0.25, -0.2) is 9.07 Å². The van der Waals surface area contributed by atoms with Crippen LogP contribution in [0.5, 0.6) is 11.5 Å². The zero-order chi connectivity index (χ0) is 25.6. The van der Waals surface area contributed by atoms with Crippen LogP contribution in [0.15, 0.2) is 48.5 Å². The number of aromatic nitrogens is 2. The van der Waals surface area contributed by atoms with Gasteiger partial charge in [0.25, 0.3) is 0 Å². The molecule has 2 aliphatic rings. The second-order valence-corrected chi connectivity index (χ2v) is 9.15. The van der Waals surface area contributed by atoms with Gasteiger partial charge in [-0.1, -0.05) is 0 Å². The number of methoxy groups -OCH3 is 2. The smallest absolute Gasteiger partial charge is 0.471 e. The molecule has 1 aromatic heterocycles. The average molecular weight is 503 g/mol. The topological polar surface area (TPSA) is 56.6 Å². The molecular formula is C26H25F4N3O3. The van der Waals surface area contributed by atoms with E-state index in [0.29, 0.717) is 35.6 Å². The number of hydrogen-bond donors (Lipinski definition) is 0. The zero-order valence-corrected chi connectivity index (χ0v) is 19.8. The maximum Gasteiger partial charge on any atom is 0.471 e. The number of amides is 1. The number of carbonyl (C=O) groups excluding carboxylic acids is 1. The van der Waals surface area contributed by atoms with Gasteiger partial charge in [-0.05, 0) is 74.2 Å². The molecule has 10 heteroatoms. The highest BCUT2D eigenvalue weighted by Gasteiger charge is 2.52. The van der Waals surface area contributed by atoms with Crippen molar-refractivity contribution in [3.05, 3.63) is 60.0 Å². The molecule has 6 nitrogen and oxygen atoms in total. The Kier molecular flexibility index (Phi) is 6.13. The molecule has 3 heterocycles. The number of benzene rings is 2. The Morgan fingerprint density at radius 2 is 1.44 bits per heavy atom. The highest BCUT2D eigenvalue weighted by atomic mass is 19.4. The minimum atomic E-state index is -4.92. The van der Waals surface area contributed by atoms with E-state index in [4.69, 9.17) is 9.47 Å². The maximum absolute atomic E-state index is 16.1. The van der Waals surface area contributed by atoms with Crippen LogP contribution in [0.4, 0.5) is 17.6 Å². The summed E-state index contributed by atoms with van der Waals surface area (Å²) in [6.45, 7) is 0. The van der Waals surface area contributed by atoms with E-state index in [2.05, 4.69) is 5.10 Å². The number of ether oxygens (including phenoxy) is 2. The first-order valence-corrected chi connectivity index (χ1v) is 11.7. The van der Waals surface area contributed by atoms with Crippen LogP contribution in [0.3, 0.4) is 0 Å². The summed E-state index contributed by atoms with van der Waals surface area (Å²) in [7, 11) is 3.09. The number of carbonyl (C=O) groups is 1. The summed E-state index contributed by atoms with van der Waals surface area (Å²) in [4.78, 5) is 13.0. The van der Waals surface area contributed by atoms with Crippen molar-refractivity contribution in [2.24, 2.45) is 0 Å². The van der Waals surface area contributed by atoms with Crippen molar-refractivity contribution in [1.29, 1.82) is 0 Å². The molecule has 2 atom stereocenters. The van der Waals surface area contributed by atoms with Crippen LogP contribution < -0.4 is 9.47 Å². The Morgan fingerprint density at radius 1 is 0.917 bits per heavy atom. The lowest BCUT2D eigenvalue weighted by molar-refractivity contribution is -0.190. The molecule has 0 aliphatic carbocycles. The van der Waals surface area contributed by atoms with E-state index in [1.807, 2.05) is 0 Å². The summed E-state index contributed by atoms with van der Waals surface area (Å²) in [5.41, 5.74) is 1.64. The molecule has 1 amide bonds. The first-order chi connectivity index (χ1) is 17.2. The van der Waals surface area contributed by atoms with Gasteiger partial charge in [-0.2, -0.15) is 18.3 Å². The lowest BCUT2D eigenvalue weighted by Gasteiger charge is -2.38. The molecule has 36 heavy (non-hydrogen) atoms. The molecule has 0 saturated carbocycles. The van der Waals surface area contributed by atoms with Gasteiger partial charge in [0.1, 0.15) is 22.9 Å². The third kappa shape index (κ3) is 4.18. The fraction of sp³-hybridized carbons (Fsp3) is 0.385. The number of alkyl halides is 3. The molecule has 2 bridgehead atoms. The van der Waals surface area contributed by atoms with Gasteiger partial charge < -0.3 is 14.4 Å². The van der Waals surface area contributed by atoms with Crippen molar-refractivity contribution in [2.45, 2.75) is 49.9 Å². The quantitative estimate of drug-likeness (QED) is 0.432. The molecule has 0 radical (unpaired) electrons. The minimum Gasteiger partial charge on any atom is -0.497 e. The molecule has 2 saturated heterocycles. The summed E-state index contributed by atoms with van der Waals surface area (Å²) in [5, 5.41) is 4.64. The third-order valence-corrected chi connectivity index (χ3v) is 7.13. The Morgan fingerprint density at radius 3 is 1.94 bits per heavy atom. The first kappa shape index (κ1) is 24.1. The Balaban J connectivity index is 1.54. The summed E-state index contributed by atoms with van der Waals surface area (Å²) >= 11 is 0. The fourth-order valence-corrected chi connectivity index (χ4v) is 5.46. The fourth-order valence-electron chi connectivity index (χ4n) is 5.46. The van der Waals surface area contributed by atoms with Gasteiger partial charge in [0.2, 0.25) is 0 Å². The van der Waals surface area contributed by atoms with Crippen molar-refractivity contribution in [3.63, 3.8) is 0 Å². The predicted molar refractivity (Wildman–Crippen MR) is 124 cm³/mol. The van der Waals surface area contributed by atoms with Gasteiger partial charge in [0.05, 0.1) is 19.9 Å². The number of nitrogens with zero attached hydrogens (tertiary/aromatic N) is 3. The molecule has 5 rings (SSSR count). The number of piperidine rings is 1. The Hall–Kier alpha value is -3.56. The van der Waals surface area contributed by atoms with E-state index < -0.39 is 35.9 Å². The summed E-state index contributed by atoms with van der Waals surface area (Å²) in [5.74, 6) is -1.48. The molecule has 2 unspecified atom stereocenters. The van der Waals surface area contributed by atoms with Crippen molar-refractivity contribution >= 4 is 5.91 Å². The lowest BCUT2D eigenvalue weighted by Crippen LogP contribution is -2.51. The minimum absolute atomic E-state index is 0.202. The average Bonchev–Trinajstić information content (AvgIpc) is 3.35. The van der Waals surface area contributed by atoms with E-state index in [0.717, 1.165) is 4.90 Å². The van der Waals surface area contributed by atoms with Crippen LogP contribution in [-0.2, 0) is 4.79 Å². The Labute approximate surface area is 205 Å². The second kappa shape index (κ2) is 9.15. The van der Waals surface area contributed by atoms with Gasteiger partial charge in [-0.3, -0.25) is 4.79 Å². The Bertz CT molecular complexity index is 1240. The van der Waals surface area contributed by atoms with Crippen LogP contribution in [0.1, 0.15) is 37.3 Å². The largest absolute Gasteiger partial charge is 0.497 e. The van der Waals surface area contributed by atoms with Gasteiger partial charge in [-0.15, -0.1) is 0 Å². The first-order valence-electron chi connectivity index (χ1n) is 11.7. The molecule has 190 valence electrons. The highest BCUT2D eigenvalue weighted by Crippen LogP contribution is 2.46. The van der Waals surface area contributed by atoms with Crippen LogP contribution in [0.2, 0.25) is 0 Å². The van der Waals surface area contributed by atoms with Crippen LogP contribution in [0.25, 0.3) is 16.9 Å². The van der Waals surface area contributed by atoms with E-state index in [-0.39, 0.29) is 24.2 Å². The predicted octanol–water partition coefficient (Wildman–Crippen LogP) is 5.49. The number of halogens is 4. The molecule has 2 aliphatic heterocycles. The van der Waals surface area contributed by atoms with Crippen molar-refractivity contribution in [1.82, 2.24) is 14.7 Å². The maximum atomic E-state index is 16.1. The van der Waals surface area contributed by atoms with Gasteiger partial charge in [0.15, 0.2) is 5.82 Å². The third-order valence-electron chi connectivity index (χ3n) is 7.13. The van der Waals surface area contributed by atoms with Gasteiger partial charge >= 0.3 is 12.1 Å². The molecule has 2 fully saturated rings. The van der Waals surface area contributed by atoms with Crippen molar-refractivity contribution in [2.75, 3.05) is 14.2 Å². The normalized spacial score (nSPS) is 21.5. The van der Waals surface area contributed by atoms with E-state index in [1.54, 1.807) is 62.8 Å². The van der Waals surface area contributed by atoms with Crippen LogP contribution >= 0.6 is 0 Å². The standard InChI is InChI=1S/C26H25F4N3O3/c1-35-20-9-3-15(4-10-20)24-22(27)23(31-33(24)17-7-11-21(36-2)12-8-17)16-13-18-5-6-19(14-16)32(18)25(34)26(28,29)30/h3-4,7-12,16,18-19H,5-6,13-14H2,1-2H3. The van der Waals surface area contributed by atoms with Crippen molar-refractivity contribution < 1.29 is 31.8 Å². The summed E-state index contributed by atoms with van der Waals surface area (Å²) < 4.78 is 67.5. The van der Waals surface area contributed by atoms with E-state index >= 15 is 4.39 Å². The number of fused-ring (bicyclic) bond motifs is 2. The van der Waals surface area contributed by atoms with Crippen molar-refractivity contribution in [3.8, 4) is 28.4 Å². The summed E-state index contributed by atoms with van der Waals surface area (Å²) in [6, 6.07) is 12.8. The van der Waals surface area contributed by atoms with Crippen LogP contribution in [-0.4, -0.2) is 53.1 Å². The molecule has 2 aromatic carbocycles. The van der Waals surface area contributed by atoms with E-state index in [9.17, 15) is 18.0 Å². The van der Waals surface area contributed by atoms with Gasteiger partial charge in [0, 0.05) is 23.6 Å². The summed E-state index contributed by atoms with van der Waals surface area (Å²) in [6.07, 6.45) is -3.52. The molecular weight excluding hydrogens is 478 g/mol. The molecule has 0 spiro atoms.